The molecule has 0 saturated carbocycles. The van der Waals surface area contributed by atoms with Gasteiger partial charge in [0.25, 0.3) is 0 Å². The van der Waals surface area contributed by atoms with Gasteiger partial charge in [-0.3, -0.25) is 0 Å². The second-order valence-corrected chi connectivity index (χ2v) is 3.45. The van der Waals surface area contributed by atoms with Crippen LogP contribution in [0.4, 0.5) is 0 Å². The van der Waals surface area contributed by atoms with Crippen molar-refractivity contribution in [1.82, 2.24) is 0 Å². The van der Waals surface area contributed by atoms with Gasteiger partial charge in [-0.05, 0) is 12.1 Å². The zero-order valence-corrected chi connectivity index (χ0v) is 7.54. The normalized spacial score (nSPS) is 12.5. The third-order valence-electron chi connectivity index (χ3n) is 1.23. The lowest BCUT2D eigenvalue weighted by Gasteiger charge is -2.09. The van der Waals surface area contributed by atoms with Gasteiger partial charge in [0, 0.05) is 13.8 Å². The number of hydrogen-bond donors (Lipinski definition) is 0. The summed E-state index contributed by atoms with van der Waals surface area (Å²) in [5.41, 5.74) is 0. The fourth-order valence-corrected chi connectivity index (χ4v) is 1.16. The molecule has 0 heterocycles. The minimum atomic E-state index is -0.755. The van der Waals surface area contributed by atoms with Gasteiger partial charge < -0.3 is 9.05 Å². The average Bonchev–Trinajstić information content (AvgIpc) is 2.06. The molecule has 60 valence electrons. The van der Waals surface area contributed by atoms with Gasteiger partial charge in [-0.1, -0.05) is 18.2 Å². The van der Waals surface area contributed by atoms with E-state index < -0.39 is 8.38 Å². The molecule has 1 aromatic rings. The van der Waals surface area contributed by atoms with Gasteiger partial charge in [0.2, 0.25) is 8.38 Å². The lowest BCUT2D eigenvalue weighted by atomic mass is 10.3. The second-order valence-electron chi connectivity index (χ2n) is 2.03. The first-order chi connectivity index (χ1) is 5.33. The monoisotopic (exact) mass is 170 g/mol. The van der Waals surface area contributed by atoms with Crippen LogP contribution in [0.3, 0.4) is 0 Å². The van der Waals surface area contributed by atoms with Crippen LogP contribution in [0.15, 0.2) is 30.3 Å². The van der Waals surface area contributed by atoms with Gasteiger partial charge in [-0.2, -0.15) is 0 Å². The van der Waals surface area contributed by atoms with Crippen LogP contribution in [-0.4, -0.2) is 13.8 Å². The molecule has 2 nitrogen and oxygen atoms in total. The van der Waals surface area contributed by atoms with Crippen molar-refractivity contribution in [1.29, 1.82) is 0 Å². The van der Waals surface area contributed by atoms with E-state index in [2.05, 4.69) is 0 Å². The van der Waals surface area contributed by atoms with Gasteiger partial charge in [0.1, 0.15) is 5.75 Å². The summed E-state index contributed by atoms with van der Waals surface area (Å²) in [7, 11) is 0.893. The molecule has 0 N–H and O–H groups in total. The maximum Gasteiger partial charge on any atom is 0.226 e. The molecule has 0 aliphatic rings. The molecule has 1 aromatic carbocycles. The van der Waals surface area contributed by atoms with Crippen LogP contribution in [0.25, 0.3) is 0 Å². The summed E-state index contributed by atoms with van der Waals surface area (Å²) < 4.78 is 10.4. The molecule has 0 saturated heterocycles. The van der Waals surface area contributed by atoms with Crippen molar-refractivity contribution in [3.8, 4) is 5.75 Å². The summed E-state index contributed by atoms with van der Waals surface area (Å²) in [5, 5.41) is 0. The van der Waals surface area contributed by atoms with E-state index in [0.29, 0.717) is 0 Å². The van der Waals surface area contributed by atoms with E-state index in [1.54, 1.807) is 7.11 Å². The SMILES string of the molecule is COP(C)Oc1ccccc1. The molecule has 0 aromatic heterocycles. The van der Waals surface area contributed by atoms with E-state index in [0.717, 1.165) is 5.75 Å². The Labute approximate surface area is 68.1 Å². The number of benzene rings is 1. The number of rotatable bonds is 3. The Morgan fingerprint density at radius 2 is 1.82 bits per heavy atom. The van der Waals surface area contributed by atoms with E-state index in [1.807, 2.05) is 37.0 Å². The van der Waals surface area contributed by atoms with Crippen LogP contribution in [0.1, 0.15) is 0 Å². The molecule has 1 atom stereocenters. The van der Waals surface area contributed by atoms with Crippen molar-refractivity contribution in [3.05, 3.63) is 30.3 Å². The highest BCUT2D eigenvalue weighted by Gasteiger charge is 1.99. The fraction of sp³-hybridized carbons (Fsp3) is 0.250. The summed E-state index contributed by atoms with van der Waals surface area (Å²) in [4.78, 5) is 0. The predicted octanol–water partition coefficient (Wildman–Crippen LogP) is 2.65. The molecule has 1 unspecified atom stereocenters. The van der Waals surface area contributed by atoms with E-state index in [4.69, 9.17) is 9.05 Å². The second kappa shape index (κ2) is 4.32. The Kier molecular flexibility index (Phi) is 3.34. The number of hydrogen-bond acceptors (Lipinski definition) is 2. The maximum atomic E-state index is 5.41. The lowest BCUT2D eigenvalue weighted by molar-refractivity contribution is 0.401. The molecule has 0 amide bonds. The highest BCUT2D eigenvalue weighted by molar-refractivity contribution is 7.46. The van der Waals surface area contributed by atoms with E-state index >= 15 is 0 Å². The van der Waals surface area contributed by atoms with Gasteiger partial charge >= 0.3 is 0 Å². The van der Waals surface area contributed by atoms with Crippen molar-refractivity contribution < 1.29 is 9.05 Å². The summed E-state index contributed by atoms with van der Waals surface area (Å²) >= 11 is 0. The first-order valence-corrected chi connectivity index (χ1v) is 4.96. The quantitative estimate of drug-likeness (QED) is 0.649. The fourth-order valence-electron chi connectivity index (χ4n) is 0.667. The third kappa shape index (κ3) is 2.87. The highest BCUT2D eigenvalue weighted by atomic mass is 31.2. The van der Waals surface area contributed by atoms with E-state index in [1.165, 1.54) is 0 Å². The Morgan fingerprint density at radius 3 is 2.36 bits per heavy atom. The molecule has 0 aliphatic heterocycles. The molecule has 0 bridgehead atoms. The molecule has 0 aliphatic carbocycles. The minimum Gasteiger partial charge on any atom is -0.448 e. The lowest BCUT2D eigenvalue weighted by Crippen LogP contribution is -1.86. The highest BCUT2D eigenvalue weighted by Crippen LogP contribution is 2.33. The van der Waals surface area contributed by atoms with Crippen LogP contribution < -0.4 is 4.52 Å². The van der Waals surface area contributed by atoms with E-state index in [9.17, 15) is 0 Å². The molecule has 0 spiro atoms. The van der Waals surface area contributed by atoms with Gasteiger partial charge in [-0.25, -0.2) is 0 Å². The van der Waals surface area contributed by atoms with Crippen molar-refractivity contribution in [2.45, 2.75) is 0 Å². The zero-order valence-electron chi connectivity index (χ0n) is 6.65. The van der Waals surface area contributed by atoms with Crippen LogP contribution in [0.5, 0.6) is 5.75 Å². The van der Waals surface area contributed by atoms with Gasteiger partial charge in [0.15, 0.2) is 0 Å². The van der Waals surface area contributed by atoms with Crippen molar-refractivity contribution in [3.63, 3.8) is 0 Å². The molecule has 3 heteroatoms. The van der Waals surface area contributed by atoms with Gasteiger partial charge in [0.05, 0.1) is 0 Å². The number of para-hydroxylation sites is 1. The first-order valence-electron chi connectivity index (χ1n) is 3.34. The standard InChI is InChI=1S/C8H11O2P/c1-9-11(2)10-8-6-4-3-5-7-8/h3-7H,1-2H3. The van der Waals surface area contributed by atoms with Gasteiger partial charge in [-0.15, -0.1) is 0 Å². The zero-order chi connectivity index (χ0) is 8.10. The smallest absolute Gasteiger partial charge is 0.226 e. The first kappa shape index (κ1) is 8.51. The summed E-state index contributed by atoms with van der Waals surface area (Å²) in [6.45, 7) is 1.92. The van der Waals surface area contributed by atoms with Crippen molar-refractivity contribution >= 4 is 8.38 Å². The van der Waals surface area contributed by atoms with Crippen molar-refractivity contribution in [2.75, 3.05) is 13.8 Å². The molecule has 0 radical (unpaired) electrons. The molecule has 0 fully saturated rings. The molecule has 11 heavy (non-hydrogen) atoms. The Bertz CT molecular complexity index is 201. The Morgan fingerprint density at radius 1 is 1.18 bits per heavy atom. The van der Waals surface area contributed by atoms with Crippen LogP contribution in [0, 0.1) is 0 Å². The maximum absolute atomic E-state index is 5.41. The third-order valence-corrected chi connectivity index (χ3v) is 2.22. The minimum absolute atomic E-state index is 0.755. The summed E-state index contributed by atoms with van der Waals surface area (Å²) in [6.07, 6.45) is 0. The Hall–Kier alpha value is -0.590. The molecular weight excluding hydrogens is 159 g/mol. The summed E-state index contributed by atoms with van der Waals surface area (Å²) in [6, 6.07) is 9.66. The van der Waals surface area contributed by atoms with Crippen molar-refractivity contribution in [2.24, 2.45) is 0 Å². The molecule has 1 rings (SSSR count). The summed E-state index contributed by atoms with van der Waals surface area (Å²) in [5.74, 6) is 0.864. The largest absolute Gasteiger partial charge is 0.448 e. The van der Waals surface area contributed by atoms with E-state index in [-0.39, 0.29) is 0 Å². The molecular formula is C8H11O2P. The van der Waals surface area contributed by atoms with Crippen LogP contribution in [0.2, 0.25) is 0 Å². The topological polar surface area (TPSA) is 18.5 Å². The Balaban J connectivity index is 2.51. The van der Waals surface area contributed by atoms with Crippen LogP contribution in [-0.2, 0) is 4.52 Å². The average molecular weight is 170 g/mol. The predicted molar refractivity (Wildman–Crippen MR) is 46.9 cm³/mol. The van der Waals surface area contributed by atoms with Crippen LogP contribution >= 0.6 is 8.38 Å².